The summed E-state index contributed by atoms with van der Waals surface area (Å²) in [7, 11) is 1.78. The van der Waals surface area contributed by atoms with E-state index < -0.39 is 0 Å². The van der Waals surface area contributed by atoms with Crippen LogP contribution in [-0.4, -0.2) is 45.9 Å². The maximum absolute atomic E-state index is 5.85. The summed E-state index contributed by atoms with van der Waals surface area (Å²) < 4.78 is 11.2. The zero-order valence-corrected chi connectivity index (χ0v) is 14.7. The molecule has 0 aliphatic heterocycles. The number of benzene rings is 1. The Bertz CT molecular complexity index is 424. The summed E-state index contributed by atoms with van der Waals surface area (Å²) in [6, 6.07) is 10.3. The lowest BCUT2D eigenvalue weighted by Crippen LogP contribution is -2.38. The molecule has 1 aromatic rings. The fraction of sp³-hybridized carbons (Fsp3) is 0.611. The second kappa shape index (κ2) is 12.9. The average Bonchev–Trinajstić information content (AvgIpc) is 2.60. The minimum absolute atomic E-state index is 0.132. The number of guanidine groups is 1. The van der Waals surface area contributed by atoms with Crippen molar-refractivity contribution in [2.24, 2.45) is 4.99 Å². The van der Waals surface area contributed by atoms with Gasteiger partial charge in [-0.05, 0) is 32.3 Å². The number of nitrogens with one attached hydrogen (secondary N) is 2. The van der Waals surface area contributed by atoms with E-state index >= 15 is 0 Å². The summed E-state index contributed by atoms with van der Waals surface area (Å²) in [5, 5.41) is 6.56. The molecule has 1 rings (SSSR count). The molecule has 23 heavy (non-hydrogen) atoms. The van der Waals surface area contributed by atoms with Gasteiger partial charge in [0.15, 0.2) is 5.96 Å². The number of nitrogens with zero attached hydrogens (tertiary/aromatic N) is 1. The topological polar surface area (TPSA) is 54.9 Å². The van der Waals surface area contributed by atoms with Gasteiger partial charge < -0.3 is 20.1 Å². The van der Waals surface area contributed by atoms with Crippen LogP contribution in [0.1, 0.15) is 38.4 Å². The molecule has 5 heteroatoms. The molecule has 0 radical (unpaired) electrons. The van der Waals surface area contributed by atoms with Gasteiger partial charge in [0.2, 0.25) is 0 Å². The normalized spacial score (nSPS) is 12.9. The Kier molecular flexibility index (Phi) is 10.9. The van der Waals surface area contributed by atoms with E-state index in [1.165, 1.54) is 5.56 Å². The van der Waals surface area contributed by atoms with Crippen molar-refractivity contribution in [3.63, 3.8) is 0 Å². The zero-order valence-electron chi connectivity index (χ0n) is 14.7. The van der Waals surface area contributed by atoms with Crippen molar-refractivity contribution in [1.29, 1.82) is 0 Å². The molecule has 0 aliphatic carbocycles. The second-order valence-corrected chi connectivity index (χ2v) is 5.25. The fourth-order valence-electron chi connectivity index (χ4n) is 2.11. The summed E-state index contributed by atoms with van der Waals surface area (Å²) in [6.07, 6.45) is 2.05. The smallest absolute Gasteiger partial charge is 0.190 e. The first kappa shape index (κ1) is 19.5. The Balaban J connectivity index is 2.06. The Morgan fingerprint density at radius 3 is 2.35 bits per heavy atom. The van der Waals surface area contributed by atoms with Crippen molar-refractivity contribution in [1.82, 2.24) is 10.6 Å². The Morgan fingerprint density at radius 2 is 1.74 bits per heavy atom. The highest BCUT2D eigenvalue weighted by Crippen LogP contribution is 2.15. The number of hydrogen-bond acceptors (Lipinski definition) is 3. The third kappa shape index (κ3) is 9.21. The third-order valence-corrected chi connectivity index (χ3v) is 3.44. The molecule has 1 atom stereocenters. The first-order chi connectivity index (χ1) is 11.3. The highest BCUT2D eigenvalue weighted by Gasteiger charge is 2.04. The quantitative estimate of drug-likeness (QED) is 0.374. The first-order valence-corrected chi connectivity index (χ1v) is 8.46. The lowest BCUT2D eigenvalue weighted by atomic mass is 10.1. The minimum Gasteiger partial charge on any atom is -0.382 e. The predicted molar refractivity (Wildman–Crippen MR) is 95.9 cm³/mol. The molecule has 130 valence electrons. The lowest BCUT2D eigenvalue weighted by molar-refractivity contribution is 0.0646. The lowest BCUT2D eigenvalue weighted by Gasteiger charge is -2.14. The van der Waals surface area contributed by atoms with Crippen molar-refractivity contribution in [3.8, 4) is 0 Å². The van der Waals surface area contributed by atoms with Crippen LogP contribution < -0.4 is 10.6 Å². The van der Waals surface area contributed by atoms with E-state index in [4.69, 9.17) is 9.47 Å². The van der Waals surface area contributed by atoms with Crippen molar-refractivity contribution in [2.45, 2.75) is 32.8 Å². The van der Waals surface area contributed by atoms with Gasteiger partial charge in [-0.25, -0.2) is 0 Å². The summed E-state index contributed by atoms with van der Waals surface area (Å²) in [4.78, 5) is 4.20. The van der Waals surface area contributed by atoms with Gasteiger partial charge in [-0.2, -0.15) is 0 Å². The molecule has 0 aromatic heterocycles. The van der Waals surface area contributed by atoms with Crippen LogP contribution in [0.2, 0.25) is 0 Å². The van der Waals surface area contributed by atoms with Crippen LogP contribution in [0, 0.1) is 0 Å². The van der Waals surface area contributed by atoms with E-state index in [0.29, 0.717) is 0 Å². The van der Waals surface area contributed by atoms with E-state index in [9.17, 15) is 0 Å². The van der Waals surface area contributed by atoms with Crippen LogP contribution in [0.15, 0.2) is 35.3 Å². The van der Waals surface area contributed by atoms with Gasteiger partial charge in [-0.3, -0.25) is 4.99 Å². The molecule has 0 fully saturated rings. The molecule has 0 aliphatic rings. The second-order valence-electron chi connectivity index (χ2n) is 5.25. The SMILES string of the molecule is CCOCCCNC(=NC)NCCCOC(C)c1ccccc1. The maximum atomic E-state index is 5.85. The van der Waals surface area contributed by atoms with Gasteiger partial charge >= 0.3 is 0 Å². The van der Waals surface area contributed by atoms with Crippen molar-refractivity contribution >= 4 is 5.96 Å². The van der Waals surface area contributed by atoms with E-state index in [1.54, 1.807) is 7.05 Å². The van der Waals surface area contributed by atoms with Gasteiger partial charge in [0.1, 0.15) is 0 Å². The van der Waals surface area contributed by atoms with Crippen molar-refractivity contribution in [3.05, 3.63) is 35.9 Å². The van der Waals surface area contributed by atoms with E-state index in [1.807, 2.05) is 25.1 Å². The van der Waals surface area contributed by atoms with Crippen LogP contribution in [0.4, 0.5) is 0 Å². The molecular weight excluding hydrogens is 290 g/mol. The highest BCUT2D eigenvalue weighted by molar-refractivity contribution is 5.79. The molecule has 0 bridgehead atoms. The zero-order chi connectivity index (χ0) is 16.8. The molecule has 2 N–H and O–H groups in total. The molecule has 1 aromatic carbocycles. The summed E-state index contributed by atoms with van der Waals surface area (Å²) in [5.41, 5.74) is 1.22. The van der Waals surface area contributed by atoms with Gasteiger partial charge in [0.25, 0.3) is 0 Å². The third-order valence-electron chi connectivity index (χ3n) is 3.44. The van der Waals surface area contributed by atoms with Crippen LogP contribution in [-0.2, 0) is 9.47 Å². The summed E-state index contributed by atoms with van der Waals surface area (Å²) >= 11 is 0. The van der Waals surface area contributed by atoms with Crippen LogP contribution in [0.5, 0.6) is 0 Å². The Morgan fingerprint density at radius 1 is 1.09 bits per heavy atom. The van der Waals surface area contributed by atoms with Gasteiger partial charge in [0, 0.05) is 40.0 Å². The molecule has 0 heterocycles. The largest absolute Gasteiger partial charge is 0.382 e. The monoisotopic (exact) mass is 321 g/mol. The van der Waals surface area contributed by atoms with Gasteiger partial charge in [-0.15, -0.1) is 0 Å². The molecule has 0 saturated heterocycles. The minimum atomic E-state index is 0.132. The van der Waals surface area contributed by atoms with Crippen molar-refractivity contribution < 1.29 is 9.47 Å². The van der Waals surface area contributed by atoms with Gasteiger partial charge in [0.05, 0.1) is 6.10 Å². The standard InChI is InChI=1S/C18H31N3O2/c1-4-22-14-8-12-20-18(19-3)21-13-9-15-23-16(2)17-10-6-5-7-11-17/h5-7,10-11,16H,4,8-9,12-15H2,1-3H3,(H2,19,20,21). The van der Waals surface area contributed by atoms with Crippen LogP contribution in [0.25, 0.3) is 0 Å². The first-order valence-electron chi connectivity index (χ1n) is 8.46. The van der Waals surface area contributed by atoms with Gasteiger partial charge in [-0.1, -0.05) is 30.3 Å². The Labute approximate surface area is 140 Å². The summed E-state index contributed by atoms with van der Waals surface area (Å²) in [5.74, 6) is 0.831. The van der Waals surface area contributed by atoms with Crippen molar-refractivity contribution in [2.75, 3.05) is 40.0 Å². The molecule has 5 nitrogen and oxygen atoms in total. The molecule has 0 spiro atoms. The number of aliphatic imine (C=N–C) groups is 1. The van der Waals surface area contributed by atoms with Crippen LogP contribution >= 0.6 is 0 Å². The molecule has 1 unspecified atom stereocenters. The molecular formula is C18H31N3O2. The fourth-order valence-corrected chi connectivity index (χ4v) is 2.11. The average molecular weight is 321 g/mol. The number of rotatable bonds is 11. The predicted octanol–water partition coefficient (Wildman–Crippen LogP) is 2.75. The highest BCUT2D eigenvalue weighted by atomic mass is 16.5. The number of ether oxygens (including phenoxy) is 2. The van der Waals surface area contributed by atoms with E-state index in [0.717, 1.165) is 51.7 Å². The molecule has 0 saturated carbocycles. The van der Waals surface area contributed by atoms with E-state index in [2.05, 4.69) is 34.7 Å². The number of hydrogen-bond donors (Lipinski definition) is 2. The van der Waals surface area contributed by atoms with Crippen LogP contribution in [0.3, 0.4) is 0 Å². The van der Waals surface area contributed by atoms with E-state index in [-0.39, 0.29) is 6.10 Å². The summed E-state index contributed by atoms with van der Waals surface area (Å²) in [6.45, 7) is 8.08. The Hall–Kier alpha value is -1.59. The molecule has 0 amide bonds. The maximum Gasteiger partial charge on any atom is 0.190 e.